The highest BCUT2D eigenvalue weighted by atomic mass is 16.5. The van der Waals surface area contributed by atoms with Gasteiger partial charge in [-0.15, -0.1) is 0 Å². The minimum absolute atomic E-state index is 0.386. The first-order valence-corrected chi connectivity index (χ1v) is 12.5. The van der Waals surface area contributed by atoms with Crippen molar-refractivity contribution < 1.29 is 4.74 Å². The van der Waals surface area contributed by atoms with Crippen LogP contribution >= 0.6 is 0 Å². The van der Waals surface area contributed by atoms with Crippen LogP contribution in [0.5, 0.6) is 0 Å². The highest BCUT2D eigenvalue weighted by Crippen LogP contribution is 2.22. The van der Waals surface area contributed by atoms with E-state index in [4.69, 9.17) is 4.74 Å². The van der Waals surface area contributed by atoms with Crippen molar-refractivity contribution in [2.45, 2.75) is 149 Å². The molecule has 0 aromatic heterocycles. The summed E-state index contributed by atoms with van der Waals surface area (Å²) in [7, 11) is 0. The lowest BCUT2D eigenvalue weighted by Crippen LogP contribution is -2.20. The molecule has 27 heavy (non-hydrogen) atoms. The molecule has 0 bridgehead atoms. The van der Waals surface area contributed by atoms with Crippen LogP contribution in [0.3, 0.4) is 0 Å². The Bertz CT molecular complexity index is 286. The number of hydrogen-bond acceptors (Lipinski definition) is 1. The topological polar surface area (TPSA) is 9.23 Å². The predicted molar refractivity (Wildman–Crippen MR) is 123 cm³/mol. The normalized spacial score (nSPS) is 13.4. The van der Waals surface area contributed by atoms with Gasteiger partial charge in [-0.05, 0) is 25.2 Å². The van der Waals surface area contributed by atoms with E-state index < -0.39 is 0 Å². The molecule has 0 heterocycles. The SMILES string of the molecule is C=COC(CCCCCCCCC)C(C)CCCCCCCCCCCC. The maximum Gasteiger partial charge on any atom is 0.100 e. The maximum absolute atomic E-state index is 5.86. The molecule has 0 spiro atoms. The van der Waals surface area contributed by atoms with Gasteiger partial charge in [-0.3, -0.25) is 0 Å². The average Bonchev–Trinajstić information content (AvgIpc) is 2.67. The fraction of sp³-hybridized carbons (Fsp3) is 0.923. The van der Waals surface area contributed by atoms with Crippen LogP contribution in [0.1, 0.15) is 143 Å². The smallest absolute Gasteiger partial charge is 0.100 e. The first-order chi connectivity index (χ1) is 13.3. The first kappa shape index (κ1) is 26.5. The zero-order chi connectivity index (χ0) is 20.0. The van der Waals surface area contributed by atoms with Gasteiger partial charge in [0.1, 0.15) is 6.10 Å². The van der Waals surface area contributed by atoms with E-state index in [-0.39, 0.29) is 0 Å². The van der Waals surface area contributed by atoms with Gasteiger partial charge in [0.05, 0.1) is 6.26 Å². The van der Waals surface area contributed by atoms with E-state index >= 15 is 0 Å². The Morgan fingerprint density at radius 2 is 0.963 bits per heavy atom. The minimum atomic E-state index is 0.386. The summed E-state index contributed by atoms with van der Waals surface area (Å²) in [6, 6.07) is 0. The van der Waals surface area contributed by atoms with Gasteiger partial charge in [-0.25, -0.2) is 0 Å². The lowest BCUT2D eigenvalue weighted by atomic mass is 9.93. The van der Waals surface area contributed by atoms with Crippen LogP contribution in [-0.4, -0.2) is 6.10 Å². The zero-order valence-corrected chi connectivity index (χ0v) is 19.3. The molecular formula is C26H52O. The van der Waals surface area contributed by atoms with E-state index in [2.05, 4.69) is 27.4 Å². The lowest BCUT2D eigenvalue weighted by molar-refractivity contribution is 0.0783. The van der Waals surface area contributed by atoms with Crippen LogP contribution < -0.4 is 0 Å². The van der Waals surface area contributed by atoms with E-state index in [1.54, 1.807) is 6.26 Å². The maximum atomic E-state index is 5.86. The fourth-order valence-electron chi connectivity index (χ4n) is 4.05. The molecule has 0 fully saturated rings. The van der Waals surface area contributed by atoms with Crippen molar-refractivity contribution in [3.05, 3.63) is 12.8 Å². The Morgan fingerprint density at radius 3 is 1.37 bits per heavy atom. The largest absolute Gasteiger partial charge is 0.498 e. The van der Waals surface area contributed by atoms with Gasteiger partial charge in [0.2, 0.25) is 0 Å². The Morgan fingerprint density at radius 1 is 0.593 bits per heavy atom. The molecule has 0 aromatic carbocycles. The summed E-state index contributed by atoms with van der Waals surface area (Å²) in [6.07, 6.45) is 28.4. The lowest BCUT2D eigenvalue weighted by Gasteiger charge is -2.23. The second-order valence-corrected chi connectivity index (χ2v) is 8.70. The van der Waals surface area contributed by atoms with Crippen molar-refractivity contribution in [1.82, 2.24) is 0 Å². The molecule has 0 radical (unpaired) electrons. The summed E-state index contributed by atoms with van der Waals surface area (Å²) in [5.74, 6) is 0.664. The monoisotopic (exact) mass is 380 g/mol. The van der Waals surface area contributed by atoms with E-state index in [0.717, 1.165) is 0 Å². The molecular weight excluding hydrogens is 328 g/mol. The Kier molecular flexibility index (Phi) is 21.5. The average molecular weight is 381 g/mol. The Balaban J connectivity index is 3.62. The van der Waals surface area contributed by atoms with Crippen LogP contribution in [0.4, 0.5) is 0 Å². The number of hydrogen-bond donors (Lipinski definition) is 0. The summed E-state index contributed by atoms with van der Waals surface area (Å²) in [4.78, 5) is 0. The molecule has 0 aliphatic heterocycles. The highest BCUT2D eigenvalue weighted by Gasteiger charge is 2.16. The molecule has 0 amide bonds. The highest BCUT2D eigenvalue weighted by molar-refractivity contribution is 4.70. The third kappa shape index (κ3) is 18.7. The first-order valence-electron chi connectivity index (χ1n) is 12.5. The van der Waals surface area contributed by atoms with Crippen LogP contribution in [-0.2, 0) is 4.74 Å². The molecule has 0 N–H and O–H groups in total. The molecule has 0 saturated carbocycles. The van der Waals surface area contributed by atoms with E-state index in [0.29, 0.717) is 12.0 Å². The predicted octanol–water partition coefficient (Wildman–Crippen LogP) is 9.60. The zero-order valence-electron chi connectivity index (χ0n) is 19.3. The summed E-state index contributed by atoms with van der Waals surface area (Å²) >= 11 is 0. The third-order valence-corrected chi connectivity index (χ3v) is 6.01. The van der Waals surface area contributed by atoms with Gasteiger partial charge in [-0.2, -0.15) is 0 Å². The molecule has 2 atom stereocenters. The molecule has 1 heteroatoms. The van der Waals surface area contributed by atoms with E-state index in [1.165, 1.54) is 122 Å². The molecule has 0 saturated heterocycles. The van der Waals surface area contributed by atoms with E-state index in [1.807, 2.05) is 0 Å². The second-order valence-electron chi connectivity index (χ2n) is 8.70. The molecule has 0 aromatic rings. The van der Waals surface area contributed by atoms with Gasteiger partial charge in [0, 0.05) is 0 Å². The second kappa shape index (κ2) is 21.8. The van der Waals surface area contributed by atoms with Crippen molar-refractivity contribution in [3.8, 4) is 0 Å². The van der Waals surface area contributed by atoms with Crippen LogP contribution in [0.15, 0.2) is 12.8 Å². The number of unbranched alkanes of at least 4 members (excludes halogenated alkanes) is 15. The van der Waals surface area contributed by atoms with Crippen LogP contribution in [0.25, 0.3) is 0 Å². The summed E-state index contributed by atoms with van der Waals surface area (Å²) in [5.41, 5.74) is 0. The molecule has 0 aliphatic rings. The minimum Gasteiger partial charge on any atom is -0.498 e. The van der Waals surface area contributed by atoms with Crippen LogP contribution in [0, 0.1) is 5.92 Å². The molecule has 0 rings (SSSR count). The van der Waals surface area contributed by atoms with Crippen molar-refractivity contribution in [1.29, 1.82) is 0 Å². The fourth-order valence-corrected chi connectivity index (χ4v) is 4.05. The standard InChI is InChI=1S/C26H52O/c1-5-8-10-12-14-15-16-18-19-21-23-25(4)26(27-7-3)24-22-20-17-13-11-9-6-2/h7,25-26H,3,5-6,8-24H2,1-2,4H3. The van der Waals surface area contributed by atoms with Crippen molar-refractivity contribution in [2.24, 2.45) is 5.92 Å². The third-order valence-electron chi connectivity index (χ3n) is 6.01. The van der Waals surface area contributed by atoms with Crippen molar-refractivity contribution >= 4 is 0 Å². The molecule has 162 valence electrons. The summed E-state index contributed by atoms with van der Waals surface area (Å²) in [5, 5.41) is 0. The molecule has 1 nitrogen and oxygen atoms in total. The van der Waals surface area contributed by atoms with Crippen LogP contribution in [0.2, 0.25) is 0 Å². The Labute approximate surface area is 172 Å². The van der Waals surface area contributed by atoms with Gasteiger partial charge in [-0.1, -0.05) is 130 Å². The van der Waals surface area contributed by atoms with Gasteiger partial charge in [0.25, 0.3) is 0 Å². The molecule has 0 aliphatic carbocycles. The quantitative estimate of drug-likeness (QED) is 0.134. The summed E-state index contributed by atoms with van der Waals surface area (Å²) in [6.45, 7) is 10.8. The summed E-state index contributed by atoms with van der Waals surface area (Å²) < 4.78 is 5.86. The number of rotatable bonds is 22. The van der Waals surface area contributed by atoms with Crippen molar-refractivity contribution in [3.63, 3.8) is 0 Å². The molecule has 2 unspecified atom stereocenters. The van der Waals surface area contributed by atoms with Gasteiger partial charge < -0.3 is 4.74 Å². The van der Waals surface area contributed by atoms with Gasteiger partial charge in [0.15, 0.2) is 0 Å². The number of ether oxygens (including phenoxy) is 1. The van der Waals surface area contributed by atoms with E-state index in [9.17, 15) is 0 Å². The van der Waals surface area contributed by atoms with Crippen molar-refractivity contribution in [2.75, 3.05) is 0 Å². The Hall–Kier alpha value is -0.460. The van der Waals surface area contributed by atoms with Gasteiger partial charge >= 0.3 is 0 Å².